The second-order valence-corrected chi connectivity index (χ2v) is 12.2. The lowest BCUT2D eigenvalue weighted by Crippen LogP contribution is -2.28. The number of benzene rings is 2. The molecule has 192 valence electrons. The zero-order chi connectivity index (χ0) is 25.0. The Hall–Kier alpha value is -2.64. The second-order valence-electron chi connectivity index (χ2n) is 10.5. The van der Waals surface area contributed by atoms with Crippen molar-refractivity contribution in [3.05, 3.63) is 77.7 Å². The lowest BCUT2D eigenvalue weighted by Gasteiger charge is -2.34. The van der Waals surface area contributed by atoms with E-state index in [1.165, 1.54) is 68.6 Å². The number of sulfonamides is 1. The zero-order valence-corrected chi connectivity index (χ0v) is 21.9. The highest BCUT2D eigenvalue weighted by atomic mass is 32.2. The van der Waals surface area contributed by atoms with Crippen molar-refractivity contribution in [2.24, 2.45) is 18.9 Å². The topological polar surface area (TPSA) is 73.2 Å². The van der Waals surface area contributed by atoms with Gasteiger partial charge in [0.25, 0.3) is 10.0 Å². The van der Waals surface area contributed by atoms with E-state index in [-0.39, 0.29) is 11.6 Å². The van der Waals surface area contributed by atoms with Crippen LogP contribution in [-0.2, 0) is 30.0 Å². The smallest absolute Gasteiger partial charge is 0.259 e. The molecule has 1 aromatic heterocycles. The van der Waals surface area contributed by atoms with Gasteiger partial charge in [-0.3, -0.25) is 0 Å². The summed E-state index contributed by atoms with van der Waals surface area (Å²) in [6.07, 6.45) is 13.3. The Labute approximate surface area is 215 Å². The Morgan fingerprint density at radius 3 is 2.61 bits per heavy atom. The molecule has 1 aliphatic heterocycles. The number of hydrogen-bond acceptors (Lipinski definition) is 4. The van der Waals surface area contributed by atoms with Crippen LogP contribution in [0, 0.1) is 11.8 Å². The van der Waals surface area contributed by atoms with Crippen LogP contribution in [0.2, 0.25) is 0 Å². The summed E-state index contributed by atoms with van der Waals surface area (Å²) in [5.41, 5.74) is 3.46. The van der Waals surface area contributed by atoms with Crippen molar-refractivity contribution in [3.63, 3.8) is 0 Å². The molecule has 7 heteroatoms. The van der Waals surface area contributed by atoms with Gasteiger partial charge < -0.3 is 9.30 Å². The van der Waals surface area contributed by atoms with Crippen LogP contribution >= 0.6 is 0 Å². The fourth-order valence-corrected chi connectivity index (χ4v) is 6.87. The van der Waals surface area contributed by atoms with Gasteiger partial charge in [-0.2, -0.15) is 0 Å². The van der Waals surface area contributed by atoms with Crippen molar-refractivity contribution in [2.45, 2.75) is 68.9 Å². The fourth-order valence-electron chi connectivity index (χ4n) is 5.87. The lowest BCUT2D eigenvalue weighted by molar-refractivity contribution is 0.179. The zero-order valence-electron chi connectivity index (χ0n) is 21.1. The summed E-state index contributed by atoms with van der Waals surface area (Å²) in [6.45, 7) is 0.970. The van der Waals surface area contributed by atoms with E-state index in [9.17, 15) is 8.42 Å². The molecule has 1 N–H and O–H groups in total. The van der Waals surface area contributed by atoms with Gasteiger partial charge >= 0.3 is 0 Å². The number of nitrogens with one attached hydrogen (secondary N) is 1. The molecule has 0 radical (unpaired) electrons. The van der Waals surface area contributed by atoms with Crippen molar-refractivity contribution < 1.29 is 13.2 Å². The van der Waals surface area contributed by atoms with Gasteiger partial charge in [0.2, 0.25) is 0 Å². The van der Waals surface area contributed by atoms with E-state index in [0.717, 1.165) is 30.3 Å². The van der Waals surface area contributed by atoms with Gasteiger partial charge in [-0.25, -0.2) is 18.1 Å². The maximum atomic E-state index is 12.7. The molecular formula is C29H37N3O3S. The van der Waals surface area contributed by atoms with Gasteiger partial charge in [-0.1, -0.05) is 81.0 Å². The number of nitrogens with zero attached hydrogens (tertiary/aromatic N) is 2. The first-order valence-corrected chi connectivity index (χ1v) is 14.7. The molecule has 2 unspecified atom stereocenters. The van der Waals surface area contributed by atoms with Crippen LogP contribution in [0.1, 0.15) is 67.6 Å². The standard InChI is InChI=1S/C29H37N3O3S/c1-32-19-29(30-21-32)36(33,34)31-18-24-14-15-28-27(17-24)26(16-23-10-3-2-4-11-23)25(20-35-28)13-7-12-22-8-5-6-9-22/h2-4,10-11,14-15,17,19,21-22,25-26,31H,5-9,12-13,16,18,20H2,1H3. The van der Waals surface area contributed by atoms with E-state index in [2.05, 4.69) is 46.1 Å². The largest absolute Gasteiger partial charge is 0.493 e. The molecule has 2 aliphatic rings. The van der Waals surface area contributed by atoms with Crippen molar-refractivity contribution in [2.75, 3.05) is 6.61 Å². The van der Waals surface area contributed by atoms with Crippen LogP contribution in [-0.4, -0.2) is 24.6 Å². The molecule has 0 bridgehead atoms. The van der Waals surface area contributed by atoms with Gasteiger partial charge in [-0.15, -0.1) is 0 Å². The lowest BCUT2D eigenvalue weighted by atomic mass is 9.77. The highest BCUT2D eigenvalue weighted by molar-refractivity contribution is 7.89. The number of imidazole rings is 1. The van der Waals surface area contributed by atoms with Gasteiger partial charge in [-0.05, 0) is 47.4 Å². The Bertz CT molecular complexity index is 1250. The average molecular weight is 508 g/mol. The predicted octanol–water partition coefficient (Wildman–Crippen LogP) is 5.59. The number of hydrogen-bond donors (Lipinski definition) is 1. The van der Waals surface area contributed by atoms with E-state index in [0.29, 0.717) is 11.8 Å². The molecule has 3 aromatic rings. The molecule has 0 spiro atoms. The SMILES string of the molecule is Cn1cnc(S(=O)(=O)NCc2ccc3c(c2)C(Cc2ccccc2)C(CCCC2CCCC2)CO3)c1. The summed E-state index contributed by atoms with van der Waals surface area (Å²) in [4.78, 5) is 3.99. The summed E-state index contributed by atoms with van der Waals surface area (Å²) in [7, 11) is -1.91. The van der Waals surface area contributed by atoms with Crippen molar-refractivity contribution >= 4 is 10.0 Å². The van der Waals surface area contributed by atoms with Crippen LogP contribution in [0.4, 0.5) is 0 Å². The van der Waals surface area contributed by atoms with E-state index in [4.69, 9.17) is 4.74 Å². The first-order valence-electron chi connectivity index (χ1n) is 13.2. The van der Waals surface area contributed by atoms with Crippen LogP contribution in [0.25, 0.3) is 0 Å². The molecule has 36 heavy (non-hydrogen) atoms. The Morgan fingerprint density at radius 1 is 1.06 bits per heavy atom. The number of ether oxygens (including phenoxy) is 1. The van der Waals surface area contributed by atoms with Crippen LogP contribution < -0.4 is 9.46 Å². The molecule has 1 fully saturated rings. The third kappa shape index (κ3) is 6.01. The number of aryl methyl sites for hydroxylation is 1. The van der Waals surface area contributed by atoms with Gasteiger partial charge in [0.1, 0.15) is 5.75 Å². The monoisotopic (exact) mass is 507 g/mol. The maximum Gasteiger partial charge on any atom is 0.259 e. The first-order chi connectivity index (χ1) is 17.5. The molecule has 0 amide bonds. The van der Waals surface area contributed by atoms with Crippen LogP contribution in [0.15, 0.2) is 66.1 Å². The maximum absolute atomic E-state index is 12.7. The molecular weight excluding hydrogens is 470 g/mol. The third-order valence-corrected chi connectivity index (χ3v) is 9.16. The summed E-state index contributed by atoms with van der Waals surface area (Å²) in [5.74, 6) is 2.65. The molecule has 1 saturated carbocycles. The summed E-state index contributed by atoms with van der Waals surface area (Å²) >= 11 is 0. The first kappa shape index (κ1) is 25.0. The molecule has 6 nitrogen and oxygen atoms in total. The Balaban J connectivity index is 1.33. The number of aromatic nitrogens is 2. The third-order valence-electron chi connectivity index (χ3n) is 7.88. The highest BCUT2D eigenvalue weighted by Gasteiger charge is 2.31. The second kappa shape index (κ2) is 11.2. The van der Waals surface area contributed by atoms with Crippen molar-refractivity contribution in [1.82, 2.24) is 14.3 Å². The number of rotatable bonds is 10. The summed E-state index contributed by atoms with van der Waals surface area (Å²) in [6, 6.07) is 16.8. The van der Waals surface area contributed by atoms with Gasteiger partial charge in [0.05, 0.1) is 12.9 Å². The Morgan fingerprint density at radius 2 is 1.86 bits per heavy atom. The van der Waals surface area contributed by atoms with Gasteiger partial charge in [0.15, 0.2) is 5.03 Å². The summed E-state index contributed by atoms with van der Waals surface area (Å²) < 4.78 is 35.9. The fraction of sp³-hybridized carbons (Fsp3) is 0.483. The van der Waals surface area contributed by atoms with E-state index < -0.39 is 10.0 Å². The van der Waals surface area contributed by atoms with Crippen LogP contribution in [0.3, 0.4) is 0 Å². The van der Waals surface area contributed by atoms with Crippen LogP contribution in [0.5, 0.6) is 5.75 Å². The molecule has 2 atom stereocenters. The van der Waals surface area contributed by atoms with Crippen molar-refractivity contribution in [3.8, 4) is 5.75 Å². The minimum atomic E-state index is -3.67. The van der Waals surface area contributed by atoms with E-state index in [1.54, 1.807) is 11.6 Å². The quantitative estimate of drug-likeness (QED) is 0.388. The van der Waals surface area contributed by atoms with Gasteiger partial charge in [0, 0.05) is 25.7 Å². The molecule has 0 saturated heterocycles. The average Bonchev–Trinajstić information content (AvgIpc) is 3.57. The minimum Gasteiger partial charge on any atom is -0.493 e. The number of fused-ring (bicyclic) bond motifs is 1. The predicted molar refractivity (Wildman–Crippen MR) is 141 cm³/mol. The highest BCUT2D eigenvalue weighted by Crippen LogP contribution is 2.42. The Kier molecular flexibility index (Phi) is 7.77. The molecule has 2 heterocycles. The normalized spacial score (nSPS) is 20.2. The van der Waals surface area contributed by atoms with E-state index >= 15 is 0 Å². The minimum absolute atomic E-state index is 0.0376. The molecule has 2 aromatic carbocycles. The van der Waals surface area contributed by atoms with E-state index in [1.807, 2.05) is 12.1 Å². The van der Waals surface area contributed by atoms with Crippen molar-refractivity contribution in [1.29, 1.82) is 0 Å². The molecule has 1 aliphatic carbocycles. The summed E-state index contributed by atoms with van der Waals surface area (Å²) in [5, 5.41) is 0.0376. The molecule has 5 rings (SSSR count).